The minimum absolute atomic E-state index is 0.198. The molecule has 1 heterocycles. The van der Waals surface area contributed by atoms with Crippen molar-refractivity contribution in [2.24, 2.45) is 0 Å². The number of amides is 1. The Morgan fingerprint density at radius 3 is 2.73 bits per heavy atom. The number of benzene rings is 1. The summed E-state index contributed by atoms with van der Waals surface area (Å²) >= 11 is 0. The van der Waals surface area contributed by atoms with Gasteiger partial charge in [0.2, 0.25) is 0 Å². The van der Waals surface area contributed by atoms with Crippen molar-refractivity contribution in [3.8, 4) is 11.8 Å². The molecule has 1 atom stereocenters. The lowest BCUT2D eigenvalue weighted by molar-refractivity contribution is -0.240. The van der Waals surface area contributed by atoms with Crippen LogP contribution in [0, 0.1) is 17.7 Å². The third-order valence-corrected chi connectivity index (χ3v) is 3.17. The standard InChI is InChI=1S/C15H13F4NO2/c1-2-3-4-5-9-14(15(17,18)19)12-10(16)7-6-8-11(12)20-13(21)22-14/h6-8H,2-4H2,1H3,(H,20,21). The summed E-state index contributed by atoms with van der Waals surface area (Å²) in [5, 5.41) is 2.06. The number of ether oxygens (including phenoxy) is 1. The molecule has 0 fully saturated rings. The van der Waals surface area contributed by atoms with E-state index < -0.39 is 29.3 Å². The zero-order valence-electron chi connectivity index (χ0n) is 11.7. The lowest BCUT2D eigenvalue weighted by Crippen LogP contribution is -2.50. The molecule has 1 unspecified atom stereocenters. The fourth-order valence-corrected chi connectivity index (χ4v) is 2.12. The Morgan fingerprint density at radius 1 is 1.36 bits per heavy atom. The first kappa shape index (κ1) is 16.1. The first-order valence-corrected chi connectivity index (χ1v) is 6.67. The van der Waals surface area contributed by atoms with Gasteiger partial charge in [0, 0.05) is 6.42 Å². The van der Waals surface area contributed by atoms with Crippen LogP contribution in [0.5, 0.6) is 0 Å². The molecule has 0 aromatic heterocycles. The number of halogens is 4. The number of alkyl halides is 3. The highest BCUT2D eigenvalue weighted by atomic mass is 19.4. The molecule has 0 bridgehead atoms. The van der Waals surface area contributed by atoms with E-state index in [1.54, 1.807) is 0 Å². The molecule has 0 radical (unpaired) electrons. The van der Waals surface area contributed by atoms with Crippen LogP contribution < -0.4 is 5.32 Å². The maximum absolute atomic E-state index is 14.0. The molecule has 3 nitrogen and oxygen atoms in total. The van der Waals surface area contributed by atoms with Crippen LogP contribution in [0.3, 0.4) is 0 Å². The number of hydrogen-bond acceptors (Lipinski definition) is 2. The van der Waals surface area contributed by atoms with Crippen LogP contribution in [0.25, 0.3) is 0 Å². The monoisotopic (exact) mass is 315 g/mol. The second-order valence-electron chi connectivity index (χ2n) is 4.76. The number of hydrogen-bond donors (Lipinski definition) is 1. The molecule has 118 valence electrons. The fourth-order valence-electron chi connectivity index (χ4n) is 2.12. The van der Waals surface area contributed by atoms with Gasteiger partial charge in [-0.1, -0.05) is 25.3 Å². The van der Waals surface area contributed by atoms with E-state index in [-0.39, 0.29) is 12.1 Å². The first-order chi connectivity index (χ1) is 10.3. The van der Waals surface area contributed by atoms with Gasteiger partial charge in [-0.05, 0) is 24.5 Å². The van der Waals surface area contributed by atoms with Crippen LogP contribution in [0.1, 0.15) is 31.7 Å². The van der Waals surface area contributed by atoms with Crippen molar-refractivity contribution >= 4 is 11.8 Å². The van der Waals surface area contributed by atoms with Gasteiger partial charge in [0.1, 0.15) is 5.82 Å². The van der Waals surface area contributed by atoms with Crippen molar-refractivity contribution in [3.05, 3.63) is 29.6 Å². The van der Waals surface area contributed by atoms with Gasteiger partial charge < -0.3 is 4.74 Å². The summed E-state index contributed by atoms with van der Waals surface area (Å²) in [6, 6.07) is 3.24. The van der Waals surface area contributed by atoms with Crippen molar-refractivity contribution in [2.75, 3.05) is 5.32 Å². The smallest absolute Gasteiger partial charge is 0.415 e. The molecular formula is C15H13F4NO2. The number of cyclic esters (lactones) is 1. The third-order valence-electron chi connectivity index (χ3n) is 3.17. The van der Waals surface area contributed by atoms with E-state index in [1.807, 2.05) is 12.8 Å². The molecule has 0 spiro atoms. The van der Waals surface area contributed by atoms with Crippen molar-refractivity contribution in [1.29, 1.82) is 0 Å². The second-order valence-corrected chi connectivity index (χ2v) is 4.76. The number of nitrogens with one attached hydrogen (secondary N) is 1. The van der Waals surface area contributed by atoms with Crippen LogP contribution in [0.15, 0.2) is 18.2 Å². The van der Waals surface area contributed by atoms with Gasteiger partial charge in [-0.3, -0.25) is 5.32 Å². The molecule has 0 aliphatic carbocycles. The molecular weight excluding hydrogens is 302 g/mol. The second kappa shape index (κ2) is 5.87. The molecule has 1 N–H and O–H groups in total. The maximum atomic E-state index is 14.0. The molecule has 1 aromatic rings. The molecule has 2 rings (SSSR count). The Kier molecular flexibility index (Phi) is 4.31. The topological polar surface area (TPSA) is 38.3 Å². The number of unbranched alkanes of at least 4 members (excludes halogenated alkanes) is 2. The molecule has 22 heavy (non-hydrogen) atoms. The van der Waals surface area contributed by atoms with Gasteiger partial charge in [0.05, 0.1) is 11.3 Å². The average Bonchev–Trinajstić information content (AvgIpc) is 2.41. The lowest BCUT2D eigenvalue weighted by atomic mass is 9.89. The molecule has 1 aromatic carbocycles. The third kappa shape index (κ3) is 2.73. The van der Waals surface area contributed by atoms with Crippen molar-refractivity contribution in [3.63, 3.8) is 0 Å². The van der Waals surface area contributed by atoms with E-state index in [9.17, 15) is 22.4 Å². The zero-order valence-corrected chi connectivity index (χ0v) is 11.7. The Hall–Kier alpha value is -2.23. The van der Waals surface area contributed by atoms with E-state index in [4.69, 9.17) is 0 Å². The normalized spacial score (nSPS) is 20.3. The average molecular weight is 315 g/mol. The van der Waals surface area contributed by atoms with E-state index in [0.717, 1.165) is 12.5 Å². The Labute approximate surface area is 124 Å². The minimum atomic E-state index is -5.07. The molecule has 0 saturated heterocycles. The number of rotatable bonds is 2. The van der Waals surface area contributed by atoms with E-state index in [0.29, 0.717) is 6.42 Å². The molecule has 1 aliphatic rings. The summed E-state index contributed by atoms with van der Waals surface area (Å²) in [7, 11) is 0. The van der Waals surface area contributed by atoms with Gasteiger partial charge in [-0.15, -0.1) is 0 Å². The molecule has 1 amide bonds. The highest BCUT2D eigenvalue weighted by Crippen LogP contribution is 2.48. The maximum Gasteiger partial charge on any atom is 0.445 e. The Morgan fingerprint density at radius 2 is 2.09 bits per heavy atom. The predicted molar refractivity (Wildman–Crippen MR) is 71.5 cm³/mol. The van der Waals surface area contributed by atoms with Crippen LogP contribution in [-0.4, -0.2) is 12.3 Å². The minimum Gasteiger partial charge on any atom is -0.415 e. The molecule has 7 heteroatoms. The summed E-state index contributed by atoms with van der Waals surface area (Å²) in [5.41, 5.74) is -4.39. The Bertz CT molecular complexity index is 645. The zero-order chi connectivity index (χ0) is 16.4. The SMILES string of the molecule is CCCCC#CC1(C(F)(F)F)OC(=O)Nc2cccc(F)c21. The highest BCUT2D eigenvalue weighted by Gasteiger charge is 2.63. The van der Waals surface area contributed by atoms with Gasteiger partial charge in [-0.2, -0.15) is 13.2 Å². The van der Waals surface area contributed by atoms with Crippen LogP contribution in [-0.2, 0) is 10.3 Å². The van der Waals surface area contributed by atoms with E-state index in [2.05, 4.69) is 16.0 Å². The Balaban J connectivity index is 2.63. The highest BCUT2D eigenvalue weighted by molar-refractivity contribution is 5.89. The van der Waals surface area contributed by atoms with Crippen LogP contribution in [0.2, 0.25) is 0 Å². The largest absolute Gasteiger partial charge is 0.445 e. The fraction of sp³-hybridized carbons (Fsp3) is 0.400. The van der Waals surface area contributed by atoms with E-state index in [1.165, 1.54) is 12.1 Å². The summed E-state index contributed by atoms with van der Waals surface area (Å²) in [6.07, 6.45) is -4.85. The van der Waals surface area contributed by atoms with Gasteiger partial charge in [0.25, 0.3) is 5.60 Å². The number of fused-ring (bicyclic) bond motifs is 1. The summed E-state index contributed by atoms with van der Waals surface area (Å²) < 4.78 is 59.1. The van der Waals surface area contributed by atoms with Gasteiger partial charge >= 0.3 is 12.3 Å². The first-order valence-electron chi connectivity index (χ1n) is 6.67. The number of carbonyl (C=O) groups excluding carboxylic acids is 1. The molecule has 1 aliphatic heterocycles. The summed E-state index contributed by atoms with van der Waals surface area (Å²) in [5.74, 6) is 3.15. The van der Waals surface area contributed by atoms with E-state index >= 15 is 0 Å². The summed E-state index contributed by atoms with van der Waals surface area (Å²) in [6.45, 7) is 1.86. The summed E-state index contributed by atoms with van der Waals surface area (Å²) in [4.78, 5) is 11.5. The van der Waals surface area contributed by atoms with Crippen molar-refractivity contribution in [2.45, 2.75) is 38.0 Å². The predicted octanol–water partition coefficient (Wildman–Crippen LogP) is 4.34. The van der Waals surface area contributed by atoms with Gasteiger partial charge in [0.15, 0.2) is 0 Å². The van der Waals surface area contributed by atoms with Crippen LogP contribution >= 0.6 is 0 Å². The van der Waals surface area contributed by atoms with Crippen LogP contribution in [0.4, 0.5) is 28.0 Å². The molecule has 0 saturated carbocycles. The lowest BCUT2D eigenvalue weighted by Gasteiger charge is -2.35. The van der Waals surface area contributed by atoms with Gasteiger partial charge in [-0.25, -0.2) is 9.18 Å². The van der Waals surface area contributed by atoms with Crippen molar-refractivity contribution < 1.29 is 27.1 Å². The number of carbonyl (C=O) groups is 1. The number of anilines is 1. The van der Waals surface area contributed by atoms with Crippen molar-refractivity contribution in [1.82, 2.24) is 0 Å². The quantitative estimate of drug-likeness (QED) is 0.501.